The maximum absolute atomic E-state index is 11.3. The Labute approximate surface area is 143 Å². The summed E-state index contributed by atoms with van der Waals surface area (Å²) in [5, 5.41) is 4.77. The largest absolute Gasteiger partial charge is 0.459 e. The fraction of sp³-hybridized carbons (Fsp3) is 0.471. The molecule has 3 N–H and O–H groups in total. The van der Waals surface area contributed by atoms with Crippen LogP contribution in [0.2, 0.25) is 0 Å². The zero-order valence-electron chi connectivity index (χ0n) is 12.9. The molecule has 0 radical (unpaired) electrons. The number of halogens is 1. The fourth-order valence-electron chi connectivity index (χ4n) is 3.37. The van der Waals surface area contributed by atoms with Crippen molar-refractivity contribution < 1.29 is 9.21 Å². The molecule has 3 atom stereocenters. The lowest BCUT2D eigenvalue weighted by molar-refractivity contribution is -0.121. The molecule has 4 nitrogen and oxygen atoms in total. The monoisotopic (exact) mass is 412 g/mol. The molecule has 0 saturated heterocycles. The highest BCUT2D eigenvalue weighted by molar-refractivity contribution is 14.1. The second-order valence-corrected chi connectivity index (χ2v) is 7.53. The molecule has 1 aromatic heterocycles. The summed E-state index contributed by atoms with van der Waals surface area (Å²) in [6, 6.07) is 6.50. The Morgan fingerprint density at radius 1 is 1.50 bits per heavy atom. The van der Waals surface area contributed by atoms with E-state index in [1.165, 1.54) is 14.5 Å². The number of amides is 1. The molecule has 1 aliphatic rings. The summed E-state index contributed by atoms with van der Waals surface area (Å²) in [6.07, 6.45) is 1.75. The fourth-order valence-corrected chi connectivity index (χ4v) is 3.83. The van der Waals surface area contributed by atoms with E-state index in [4.69, 9.17) is 10.2 Å². The van der Waals surface area contributed by atoms with Crippen LogP contribution >= 0.6 is 22.6 Å². The highest BCUT2D eigenvalue weighted by atomic mass is 127. The number of carbonyl (C=O) groups excluding carboxylic acids is 1. The summed E-state index contributed by atoms with van der Waals surface area (Å²) in [6.45, 7) is 4.99. The zero-order valence-corrected chi connectivity index (χ0v) is 15.0. The van der Waals surface area contributed by atoms with E-state index >= 15 is 0 Å². The number of primary amides is 1. The van der Waals surface area contributed by atoms with Crippen molar-refractivity contribution in [2.45, 2.75) is 32.7 Å². The quantitative estimate of drug-likeness (QED) is 0.757. The topological polar surface area (TPSA) is 68.3 Å². The number of furan rings is 1. The second kappa shape index (κ2) is 6.20. The predicted molar refractivity (Wildman–Crippen MR) is 95.5 cm³/mol. The van der Waals surface area contributed by atoms with Gasteiger partial charge in [0.25, 0.3) is 0 Å². The molecule has 2 heterocycles. The molecule has 5 heteroatoms. The van der Waals surface area contributed by atoms with E-state index in [0.29, 0.717) is 5.92 Å². The van der Waals surface area contributed by atoms with Crippen molar-refractivity contribution in [3.05, 3.63) is 33.1 Å². The van der Waals surface area contributed by atoms with Gasteiger partial charge in [-0.3, -0.25) is 4.79 Å². The van der Waals surface area contributed by atoms with Crippen molar-refractivity contribution >= 4 is 39.5 Å². The first-order chi connectivity index (χ1) is 10.5. The van der Waals surface area contributed by atoms with Crippen LogP contribution in [-0.2, 0) is 11.2 Å². The number of nitrogens with one attached hydrogen (secondary N) is 1. The molecule has 0 spiro atoms. The second-order valence-electron chi connectivity index (χ2n) is 6.28. The number of nitrogens with two attached hydrogens (primary N) is 1. The molecule has 3 rings (SSSR count). The van der Waals surface area contributed by atoms with Crippen LogP contribution in [0.25, 0.3) is 11.0 Å². The van der Waals surface area contributed by atoms with Gasteiger partial charge in [-0.1, -0.05) is 13.8 Å². The first kappa shape index (κ1) is 15.8. The van der Waals surface area contributed by atoms with E-state index in [1.54, 1.807) is 0 Å². The third-order valence-electron chi connectivity index (χ3n) is 4.59. The summed E-state index contributed by atoms with van der Waals surface area (Å²) in [5.41, 5.74) is 7.68. The zero-order chi connectivity index (χ0) is 15.9. The number of fused-ring (bicyclic) bond motifs is 3. The Hall–Kier alpha value is -1.08. The Bertz CT molecular complexity index is 710. The standard InChI is InChI=1S/C17H21IN2O2/c1-9(7-10(2)17(19)21)15-16-13(5-6-20-15)12-4-3-11(18)8-14(12)22-16/h3-4,8-10,15,20H,5-7H2,1-2H3,(H2,19,21). The lowest BCUT2D eigenvalue weighted by Gasteiger charge is -2.29. The first-order valence-electron chi connectivity index (χ1n) is 7.71. The van der Waals surface area contributed by atoms with E-state index in [1.807, 2.05) is 6.92 Å². The minimum absolute atomic E-state index is 0.118. The number of benzene rings is 1. The SMILES string of the molecule is CC(CC(C)C1NCCc2c1oc1cc(I)ccc21)C(N)=O. The third-order valence-corrected chi connectivity index (χ3v) is 5.26. The van der Waals surface area contributed by atoms with Gasteiger partial charge in [0.15, 0.2) is 0 Å². The number of carbonyl (C=O) groups is 1. The maximum atomic E-state index is 11.3. The average Bonchev–Trinajstić information content (AvgIpc) is 2.83. The molecule has 0 aliphatic carbocycles. The van der Waals surface area contributed by atoms with Crippen molar-refractivity contribution in [1.82, 2.24) is 5.32 Å². The third kappa shape index (κ3) is 2.88. The highest BCUT2D eigenvalue weighted by Gasteiger charge is 2.31. The Kier molecular flexibility index (Phi) is 4.45. The molecular weight excluding hydrogens is 391 g/mol. The average molecular weight is 412 g/mol. The Morgan fingerprint density at radius 3 is 3.00 bits per heavy atom. The van der Waals surface area contributed by atoms with Crippen molar-refractivity contribution in [1.29, 1.82) is 0 Å². The van der Waals surface area contributed by atoms with E-state index in [9.17, 15) is 4.79 Å². The molecule has 3 unspecified atom stereocenters. The minimum atomic E-state index is -0.234. The van der Waals surface area contributed by atoms with Gasteiger partial charge in [0.2, 0.25) is 5.91 Å². The normalized spacial score (nSPS) is 20.6. The van der Waals surface area contributed by atoms with E-state index < -0.39 is 0 Å². The van der Waals surface area contributed by atoms with Crippen LogP contribution in [0.4, 0.5) is 0 Å². The van der Waals surface area contributed by atoms with Crippen LogP contribution in [0.5, 0.6) is 0 Å². The smallest absolute Gasteiger partial charge is 0.220 e. The van der Waals surface area contributed by atoms with Crippen LogP contribution in [0, 0.1) is 15.4 Å². The van der Waals surface area contributed by atoms with Gasteiger partial charge < -0.3 is 15.5 Å². The summed E-state index contributed by atoms with van der Waals surface area (Å²) < 4.78 is 7.34. The Balaban J connectivity index is 1.94. The van der Waals surface area contributed by atoms with Crippen LogP contribution in [0.15, 0.2) is 22.6 Å². The lowest BCUT2D eigenvalue weighted by atomic mass is 9.86. The highest BCUT2D eigenvalue weighted by Crippen LogP contribution is 2.38. The van der Waals surface area contributed by atoms with E-state index in [2.05, 4.69) is 53.0 Å². The van der Waals surface area contributed by atoms with Crippen LogP contribution in [0.1, 0.15) is 37.6 Å². The summed E-state index contributed by atoms with van der Waals surface area (Å²) in [7, 11) is 0. The van der Waals surface area contributed by atoms with Gasteiger partial charge in [0.05, 0.1) is 6.04 Å². The summed E-state index contributed by atoms with van der Waals surface area (Å²) >= 11 is 2.30. The molecule has 2 aromatic rings. The van der Waals surface area contributed by atoms with Gasteiger partial charge in [-0.2, -0.15) is 0 Å². The molecule has 1 aliphatic heterocycles. The minimum Gasteiger partial charge on any atom is -0.459 e. The van der Waals surface area contributed by atoms with Crippen molar-refractivity contribution in [3.8, 4) is 0 Å². The molecule has 118 valence electrons. The first-order valence-corrected chi connectivity index (χ1v) is 8.78. The molecular formula is C17H21IN2O2. The number of hydrogen-bond donors (Lipinski definition) is 2. The molecule has 0 fully saturated rings. The molecule has 22 heavy (non-hydrogen) atoms. The molecule has 1 amide bonds. The molecule has 0 bridgehead atoms. The predicted octanol–water partition coefficient (Wildman–Crippen LogP) is 3.37. The van der Waals surface area contributed by atoms with E-state index in [0.717, 1.165) is 30.7 Å². The van der Waals surface area contributed by atoms with Crippen LogP contribution < -0.4 is 11.1 Å². The van der Waals surface area contributed by atoms with Gasteiger partial charge in [-0.25, -0.2) is 0 Å². The van der Waals surface area contributed by atoms with Gasteiger partial charge in [-0.15, -0.1) is 0 Å². The summed E-state index contributed by atoms with van der Waals surface area (Å²) in [5.74, 6) is 0.975. The Morgan fingerprint density at radius 2 is 2.27 bits per heavy atom. The van der Waals surface area contributed by atoms with Crippen LogP contribution in [0.3, 0.4) is 0 Å². The van der Waals surface area contributed by atoms with Crippen molar-refractivity contribution in [2.24, 2.45) is 17.6 Å². The van der Waals surface area contributed by atoms with Gasteiger partial charge in [-0.05, 0) is 59.5 Å². The van der Waals surface area contributed by atoms with Crippen molar-refractivity contribution in [2.75, 3.05) is 6.54 Å². The van der Waals surface area contributed by atoms with E-state index in [-0.39, 0.29) is 17.9 Å². The van der Waals surface area contributed by atoms with Gasteiger partial charge in [0, 0.05) is 27.0 Å². The number of hydrogen-bond acceptors (Lipinski definition) is 3. The number of rotatable bonds is 4. The summed E-state index contributed by atoms with van der Waals surface area (Å²) in [4.78, 5) is 11.3. The van der Waals surface area contributed by atoms with Gasteiger partial charge >= 0.3 is 0 Å². The van der Waals surface area contributed by atoms with Crippen molar-refractivity contribution in [3.63, 3.8) is 0 Å². The van der Waals surface area contributed by atoms with Crippen LogP contribution in [-0.4, -0.2) is 12.5 Å². The maximum Gasteiger partial charge on any atom is 0.220 e. The van der Waals surface area contributed by atoms with Gasteiger partial charge in [0.1, 0.15) is 11.3 Å². The molecule has 1 aromatic carbocycles. The molecule has 0 saturated carbocycles. The lowest BCUT2D eigenvalue weighted by Crippen LogP contribution is -2.35.